The predicted molar refractivity (Wildman–Crippen MR) is 246 cm³/mol. The molecule has 0 bridgehead atoms. The van der Waals surface area contributed by atoms with Gasteiger partial charge in [-0.05, 0) is 59.7 Å². The third kappa shape index (κ3) is 6.12. The van der Waals surface area contributed by atoms with Crippen LogP contribution in [0, 0.1) is 0 Å². The fourth-order valence-electron chi connectivity index (χ4n) is 8.25. The van der Waals surface area contributed by atoms with Gasteiger partial charge >= 0.3 is 0 Å². The molecule has 0 radical (unpaired) electrons. The second-order valence-electron chi connectivity index (χ2n) is 14.9. The molecule has 0 spiro atoms. The minimum atomic E-state index is 0.585. The van der Waals surface area contributed by atoms with E-state index >= 15 is 0 Å². The number of benzene rings is 8. The molecule has 4 heterocycles. The number of nitrogens with zero attached hydrogens (tertiary/aromatic N) is 6. The summed E-state index contributed by atoms with van der Waals surface area (Å²) < 4.78 is 6.50. The van der Waals surface area contributed by atoms with Gasteiger partial charge in [-0.15, -0.1) is 0 Å². The smallest absolute Gasteiger partial charge is 0.235 e. The second kappa shape index (κ2) is 14.4. The van der Waals surface area contributed by atoms with Gasteiger partial charge in [-0.3, -0.25) is 4.90 Å². The van der Waals surface area contributed by atoms with Crippen LogP contribution in [0.2, 0.25) is 0 Å². The molecule has 12 rings (SSSR count). The molecule has 0 saturated heterocycles. The van der Waals surface area contributed by atoms with Gasteiger partial charge in [-0.25, -0.2) is 24.9 Å². The molecular formula is C53H32N6OS. The normalized spacial score (nSPS) is 12.2. The molecule has 0 amide bonds. The number of fused-ring (bicyclic) bond motifs is 6. The molecule has 7 nitrogen and oxygen atoms in total. The van der Waals surface area contributed by atoms with Gasteiger partial charge in [0.05, 0.1) is 22.6 Å². The van der Waals surface area contributed by atoms with Crippen LogP contribution in [0.4, 0.5) is 17.3 Å². The van der Waals surface area contributed by atoms with Crippen molar-refractivity contribution in [1.82, 2.24) is 24.9 Å². The Hall–Kier alpha value is -7.94. The number of furan rings is 1. The summed E-state index contributed by atoms with van der Waals surface area (Å²) >= 11 is 1.76. The predicted octanol–water partition coefficient (Wildman–Crippen LogP) is 14.0. The van der Waals surface area contributed by atoms with Gasteiger partial charge in [0.15, 0.2) is 17.5 Å². The molecular weight excluding hydrogens is 769 g/mol. The largest absolute Gasteiger partial charge is 0.456 e. The summed E-state index contributed by atoms with van der Waals surface area (Å²) in [5.41, 5.74) is 11.4. The molecule has 286 valence electrons. The number of hydrogen-bond donors (Lipinski definition) is 0. The Morgan fingerprint density at radius 3 is 1.79 bits per heavy atom. The van der Waals surface area contributed by atoms with Gasteiger partial charge in [-0.1, -0.05) is 157 Å². The van der Waals surface area contributed by atoms with Crippen molar-refractivity contribution >= 4 is 61.9 Å². The molecule has 0 unspecified atom stereocenters. The summed E-state index contributed by atoms with van der Waals surface area (Å²) in [5, 5.41) is 2.96. The van der Waals surface area contributed by atoms with Crippen molar-refractivity contribution in [3.63, 3.8) is 0 Å². The van der Waals surface area contributed by atoms with Crippen LogP contribution in [0.15, 0.2) is 208 Å². The Morgan fingerprint density at radius 2 is 1.02 bits per heavy atom. The summed E-state index contributed by atoms with van der Waals surface area (Å²) in [6.07, 6.45) is 0. The highest BCUT2D eigenvalue weighted by molar-refractivity contribution is 7.99. The van der Waals surface area contributed by atoms with Gasteiger partial charge in [-0.2, -0.15) is 0 Å². The van der Waals surface area contributed by atoms with Crippen LogP contribution < -0.4 is 4.90 Å². The molecule has 61 heavy (non-hydrogen) atoms. The van der Waals surface area contributed by atoms with Crippen LogP contribution in [0.1, 0.15) is 0 Å². The maximum atomic E-state index is 6.50. The first-order valence-corrected chi connectivity index (χ1v) is 20.9. The zero-order chi connectivity index (χ0) is 40.3. The molecule has 0 saturated carbocycles. The number of hydrogen-bond acceptors (Lipinski definition) is 8. The lowest BCUT2D eigenvalue weighted by Crippen LogP contribution is -2.18. The molecule has 0 aliphatic carbocycles. The highest BCUT2D eigenvalue weighted by Crippen LogP contribution is 2.52. The van der Waals surface area contributed by atoms with Crippen LogP contribution in [0.3, 0.4) is 0 Å². The first kappa shape index (κ1) is 35.0. The van der Waals surface area contributed by atoms with Gasteiger partial charge in [0.25, 0.3) is 0 Å². The fraction of sp³-hybridized carbons (Fsp3) is 0. The van der Waals surface area contributed by atoms with Gasteiger partial charge in [0.2, 0.25) is 5.95 Å². The van der Waals surface area contributed by atoms with E-state index in [0.717, 1.165) is 93.1 Å². The summed E-state index contributed by atoms with van der Waals surface area (Å²) in [7, 11) is 0. The van der Waals surface area contributed by atoms with Crippen molar-refractivity contribution in [3.8, 4) is 56.5 Å². The Kier molecular flexibility index (Phi) is 8.28. The minimum Gasteiger partial charge on any atom is -0.456 e. The highest BCUT2D eigenvalue weighted by Gasteiger charge is 2.28. The van der Waals surface area contributed by atoms with E-state index in [1.165, 1.54) is 0 Å². The number of rotatable bonds is 6. The summed E-state index contributed by atoms with van der Waals surface area (Å²) in [4.78, 5) is 30.0. The summed E-state index contributed by atoms with van der Waals surface area (Å²) in [6.45, 7) is 0. The van der Waals surface area contributed by atoms with Crippen molar-refractivity contribution in [2.45, 2.75) is 9.79 Å². The number of para-hydroxylation sites is 2. The van der Waals surface area contributed by atoms with E-state index in [0.29, 0.717) is 23.4 Å². The maximum absolute atomic E-state index is 6.50. The average molecular weight is 801 g/mol. The molecule has 1 aliphatic rings. The molecule has 0 fully saturated rings. The Labute approximate surface area is 355 Å². The standard InChI is InChI=1S/C53H32N6OS/c1-4-15-33(16-5-1)49-38-21-10-11-23-41(38)54-53(55-49)59-42-24-12-13-26-46(42)61-47-32-37(27-29-43(47)59)36-28-30-44-40(31-36)48-39(22-14-25-45(48)60-44)52-57-50(34-17-6-2-7-18-34)56-51(58-52)35-19-8-3-9-20-35/h1-32H. The average Bonchev–Trinajstić information content (AvgIpc) is 3.72. The van der Waals surface area contributed by atoms with E-state index < -0.39 is 0 Å². The SMILES string of the molecule is c1ccc(-c2nc(-c3ccccc3)nc(-c3cccc4oc5ccc(-c6ccc7c(c6)Sc6ccccc6N7c6nc(-c7ccccc7)c7ccccc7n6)cc5c34)n2)cc1. The van der Waals surface area contributed by atoms with Crippen molar-refractivity contribution in [1.29, 1.82) is 0 Å². The van der Waals surface area contributed by atoms with Crippen molar-refractivity contribution in [2.24, 2.45) is 0 Å². The third-order valence-corrected chi connectivity index (χ3v) is 12.2. The van der Waals surface area contributed by atoms with Crippen LogP contribution in [-0.4, -0.2) is 24.9 Å². The molecule has 8 aromatic carbocycles. The minimum absolute atomic E-state index is 0.585. The van der Waals surface area contributed by atoms with E-state index in [2.05, 4.69) is 108 Å². The van der Waals surface area contributed by atoms with Crippen LogP contribution in [-0.2, 0) is 0 Å². The molecule has 11 aromatic rings. The van der Waals surface area contributed by atoms with E-state index in [1.807, 2.05) is 91.0 Å². The molecule has 0 N–H and O–H groups in total. The summed E-state index contributed by atoms with van der Waals surface area (Å²) in [5.74, 6) is 2.44. The molecule has 8 heteroatoms. The Bertz CT molecular complexity index is 3410. The van der Waals surface area contributed by atoms with Crippen molar-refractivity contribution < 1.29 is 4.42 Å². The lowest BCUT2D eigenvalue weighted by molar-refractivity contribution is 0.669. The van der Waals surface area contributed by atoms with Gasteiger partial charge < -0.3 is 4.42 Å². The molecule has 0 atom stereocenters. The van der Waals surface area contributed by atoms with Crippen LogP contribution >= 0.6 is 11.8 Å². The molecule has 1 aliphatic heterocycles. The maximum Gasteiger partial charge on any atom is 0.235 e. The van der Waals surface area contributed by atoms with Gasteiger partial charge in [0, 0.05) is 48.2 Å². The van der Waals surface area contributed by atoms with Crippen molar-refractivity contribution in [3.05, 3.63) is 194 Å². The van der Waals surface area contributed by atoms with E-state index in [9.17, 15) is 0 Å². The van der Waals surface area contributed by atoms with Gasteiger partial charge in [0.1, 0.15) is 11.2 Å². The summed E-state index contributed by atoms with van der Waals surface area (Å²) in [6, 6.07) is 66.3. The first-order valence-electron chi connectivity index (χ1n) is 20.1. The topological polar surface area (TPSA) is 80.8 Å². The molecule has 3 aromatic heterocycles. The zero-order valence-corrected chi connectivity index (χ0v) is 33.3. The Balaban J connectivity index is 0.993. The fourth-order valence-corrected chi connectivity index (χ4v) is 9.35. The van der Waals surface area contributed by atoms with Crippen LogP contribution in [0.25, 0.3) is 89.4 Å². The van der Waals surface area contributed by atoms with E-state index in [4.69, 9.17) is 29.3 Å². The lowest BCUT2D eigenvalue weighted by atomic mass is 10.00. The second-order valence-corrected chi connectivity index (χ2v) is 16.0. The first-order chi connectivity index (χ1) is 30.2. The quantitative estimate of drug-likeness (QED) is 0.164. The van der Waals surface area contributed by atoms with Crippen LogP contribution in [0.5, 0.6) is 0 Å². The van der Waals surface area contributed by atoms with E-state index in [-0.39, 0.29) is 0 Å². The lowest BCUT2D eigenvalue weighted by Gasteiger charge is -2.31. The Morgan fingerprint density at radius 1 is 0.393 bits per heavy atom. The van der Waals surface area contributed by atoms with E-state index in [1.54, 1.807) is 11.8 Å². The monoisotopic (exact) mass is 800 g/mol. The third-order valence-electron chi connectivity index (χ3n) is 11.1. The number of aromatic nitrogens is 5. The zero-order valence-electron chi connectivity index (χ0n) is 32.5. The number of anilines is 3. The van der Waals surface area contributed by atoms with Crippen molar-refractivity contribution in [2.75, 3.05) is 4.90 Å². The highest BCUT2D eigenvalue weighted by atomic mass is 32.2.